The molecule has 0 atom stereocenters. The molecule has 0 saturated heterocycles. The fraction of sp³-hybridized carbons (Fsp3) is 0.385. The number of carbonyl (C=O) groups excluding carboxylic acids is 1. The number of nitrogens with two attached hydrogens (primary N) is 1. The molecule has 0 saturated carbocycles. The molecular weight excluding hydrogens is 258 g/mol. The topological polar surface area (TPSA) is 95.9 Å². The van der Waals surface area contributed by atoms with E-state index in [4.69, 9.17) is 10.5 Å². The zero-order valence-corrected chi connectivity index (χ0v) is 11.9. The molecule has 0 spiro atoms. The summed E-state index contributed by atoms with van der Waals surface area (Å²) in [5, 5.41) is 4.25. The van der Waals surface area contributed by atoms with Gasteiger partial charge in [-0.3, -0.25) is 9.48 Å². The molecule has 2 aromatic rings. The molecule has 0 aliphatic heterocycles. The Morgan fingerprint density at radius 1 is 1.40 bits per heavy atom. The monoisotopic (exact) mass is 275 g/mol. The van der Waals surface area contributed by atoms with E-state index in [2.05, 4.69) is 15.1 Å². The Kier molecular flexibility index (Phi) is 3.44. The quantitative estimate of drug-likeness (QED) is 0.908. The summed E-state index contributed by atoms with van der Waals surface area (Å²) < 4.78 is 6.73. The second-order valence-electron chi connectivity index (χ2n) is 5.29. The van der Waals surface area contributed by atoms with Crippen molar-refractivity contribution in [2.45, 2.75) is 26.3 Å². The highest BCUT2D eigenvalue weighted by Gasteiger charge is 2.23. The minimum Gasteiger partial charge on any atom is -0.467 e. The van der Waals surface area contributed by atoms with Gasteiger partial charge in [-0.05, 0) is 32.9 Å². The van der Waals surface area contributed by atoms with E-state index < -0.39 is 5.91 Å². The highest BCUT2D eigenvalue weighted by Crippen LogP contribution is 2.25. The van der Waals surface area contributed by atoms with Crippen LogP contribution in [0.4, 0.5) is 0 Å². The van der Waals surface area contributed by atoms with Gasteiger partial charge in [0.2, 0.25) is 0 Å². The first-order valence-electron chi connectivity index (χ1n) is 6.10. The second kappa shape index (κ2) is 4.92. The smallest absolute Gasteiger partial charge is 0.316 e. The summed E-state index contributed by atoms with van der Waals surface area (Å²) in [7, 11) is 1.50. The Morgan fingerprint density at radius 2 is 2.10 bits per heavy atom. The molecule has 2 heterocycles. The van der Waals surface area contributed by atoms with E-state index in [1.165, 1.54) is 7.11 Å². The number of methoxy groups -OCH3 is 1. The zero-order chi connectivity index (χ0) is 14.9. The molecule has 0 radical (unpaired) electrons. The number of carbonyl (C=O) groups is 1. The lowest BCUT2D eigenvalue weighted by Crippen LogP contribution is -2.25. The highest BCUT2D eigenvalue weighted by molar-refractivity contribution is 5.91. The predicted octanol–water partition coefficient (Wildman–Crippen LogP) is 1.20. The van der Waals surface area contributed by atoms with Crippen LogP contribution in [0.2, 0.25) is 0 Å². The Labute approximate surface area is 116 Å². The van der Waals surface area contributed by atoms with Gasteiger partial charge in [0, 0.05) is 6.20 Å². The molecule has 0 aliphatic carbocycles. The van der Waals surface area contributed by atoms with Gasteiger partial charge in [-0.2, -0.15) is 10.1 Å². The van der Waals surface area contributed by atoms with Crippen LogP contribution in [-0.2, 0) is 5.54 Å². The molecule has 106 valence electrons. The van der Waals surface area contributed by atoms with Crippen molar-refractivity contribution in [3.8, 4) is 17.4 Å². The van der Waals surface area contributed by atoms with Crippen molar-refractivity contribution in [3.63, 3.8) is 0 Å². The number of hydrogen-bond donors (Lipinski definition) is 1. The van der Waals surface area contributed by atoms with Crippen molar-refractivity contribution in [2.75, 3.05) is 7.11 Å². The summed E-state index contributed by atoms with van der Waals surface area (Å²) in [5.74, 6) is -0.574. The lowest BCUT2D eigenvalue weighted by Gasteiger charge is -2.22. The van der Waals surface area contributed by atoms with Crippen LogP contribution < -0.4 is 10.5 Å². The number of hydrogen-bond acceptors (Lipinski definition) is 5. The fourth-order valence-electron chi connectivity index (χ4n) is 1.78. The van der Waals surface area contributed by atoms with Crippen LogP contribution in [0.15, 0.2) is 18.3 Å². The van der Waals surface area contributed by atoms with Gasteiger partial charge in [-0.25, -0.2) is 4.98 Å². The first kappa shape index (κ1) is 14.0. The van der Waals surface area contributed by atoms with Gasteiger partial charge in [0.25, 0.3) is 5.91 Å². The highest BCUT2D eigenvalue weighted by atomic mass is 16.5. The van der Waals surface area contributed by atoms with E-state index >= 15 is 0 Å². The maximum Gasteiger partial charge on any atom is 0.316 e. The van der Waals surface area contributed by atoms with Crippen molar-refractivity contribution >= 4 is 5.91 Å². The van der Waals surface area contributed by atoms with Crippen LogP contribution in [0.5, 0.6) is 6.01 Å². The molecule has 0 bridgehead atoms. The number of nitrogens with zero attached hydrogens (tertiary/aromatic N) is 4. The molecule has 1 amide bonds. The van der Waals surface area contributed by atoms with Crippen LogP contribution in [0, 0.1) is 0 Å². The van der Waals surface area contributed by atoms with Gasteiger partial charge < -0.3 is 10.5 Å². The molecule has 0 fully saturated rings. The third kappa shape index (κ3) is 2.61. The van der Waals surface area contributed by atoms with Crippen molar-refractivity contribution < 1.29 is 9.53 Å². The molecule has 7 nitrogen and oxygen atoms in total. The SMILES string of the molecule is COc1nccc(-c2cc(C(N)=O)nn2C(C)(C)C)n1. The van der Waals surface area contributed by atoms with E-state index in [0.29, 0.717) is 11.4 Å². The number of ether oxygens (including phenoxy) is 1. The summed E-state index contributed by atoms with van der Waals surface area (Å²) in [5.41, 5.74) is 6.49. The minimum absolute atomic E-state index is 0.201. The largest absolute Gasteiger partial charge is 0.467 e. The predicted molar refractivity (Wildman–Crippen MR) is 73.3 cm³/mol. The van der Waals surface area contributed by atoms with E-state index in [1.54, 1.807) is 23.0 Å². The maximum absolute atomic E-state index is 11.3. The lowest BCUT2D eigenvalue weighted by atomic mass is 10.1. The number of rotatable bonds is 3. The van der Waals surface area contributed by atoms with E-state index in [-0.39, 0.29) is 17.2 Å². The van der Waals surface area contributed by atoms with Gasteiger partial charge in [-0.15, -0.1) is 0 Å². The zero-order valence-electron chi connectivity index (χ0n) is 11.9. The summed E-state index contributed by atoms with van der Waals surface area (Å²) in [4.78, 5) is 19.6. The van der Waals surface area contributed by atoms with Crippen molar-refractivity contribution in [2.24, 2.45) is 5.73 Å². The fourth-order valence-corrected chi connectivity index (χ4v) is 1.78. The van der Waals surface area contributed by atoms with Crippen LogP contribution in [-0.4, -0.2) is 32.8 Å². The maximum atomic E-state index is 11.3. The van der Waals surface area contributed by atoms with Crippen molar-refractivity contribution in [1.29, 1.82) is 0 Å². The summed E-state index contributed by atoms with van der Waals surface area (Å²) in [6.45, 7) is 5.94. The Morgan fingerprint density at radius 3 is 2.65 bits per heavy atom. The average Bonchev–Trinajstić information content (AvgIpc) is 2.84. The first-order chi connectivity index (χ1) is 9.32. The van der Waals surface area contributed by atoms with E-state index in [1.807, 2.05) is 20.8 Å². The Hall–Kier alpha value is -2.44. The second-order valence-corrected chi connectivity index (χ2v) is 5.29. The molecule has 20 heavy (non-hydrogen) atoms. The van der Waals surface area contributed by atoms with Gasteiger partial charge in [0.15, 0.2) is 5.69 Å². The van der Waals surface area contributed by atoms with Gasteiger partial charge in [0.05, 0.1) is 24.0 Å². The molecule has 2 aromatic heterocycles. The summed E-state index contributed by atoms with van der Waals surface area (Å²) in [6, 6.07) is 3.60. The number of amides is 1. The normalized spacial score (nSPS) is 11.4. The molecule has 0 aromatic carbocycles. The van der Waals surface area contributed by atoms with Crippen LogP contribution >= 0.6 is 0 Å². The van der Waals surface area contributed by atoms with Gasteiger partial charge >= 0.3 is 6.01 Å². The molecule has 0 aliphatic rings. The molecular formula is C13H17N5O2. The Bertz CT molecular complexity index is 642. The molecule has 2 rings (SSSR count). The third-order valence-corrected chi connectivity index (χ3v) is 2.68. The summed E-state index contributed by atoms with van der Waals surface area (Å²) >= 11 is 0. The molecule has 7 heteroatoms. The van der Waals surface area contributed by atoms with E-state index in [9.17, 15) is 4.79 Å². The minimum atomic E-state index is -0.574. The van der Waals surface area contributed by atoms with Crippen molar-refractivity contribution in [1.82, 2.24) is 19.7 Å². The van der Waals surface area contributed by atoms with Crippen LogP contribution in [0.25, 0.3) is 11.4 Å². The molecule has 0 unspecified atom stereocenters. The number of primary amides is 1. The first-order valence-corrected chi connectivity index (χ1v) is 6.10. The van der Waals surface area contributed by atoms with Crippen LogP contribution in [0.3, 0.4) is 0 Å². The van der Waals surface area contributed by atoms with E-state index in [0.717, 1.165) is 0 Å². The lowest BCUT2D eigenvalue weighted by molar-refractivity contribution is 0.0994. The van der Waals surface area contributed by atoms with Gasteiger partial charge in [-0.1, -0.05) is 0 Å². The van der Waals surface area contributed by atoms with Gasteiger partial charge in [0.1, 0.15) is 0 Å². The number of aromatic nitrogens is 4. The summed E-state index contributed by atoms with van der Waals surface area (Å²) in [6.07, 6.45) is 1.59. The van der Waals surface area contributed by atoms with Crippen LogP contribution in [0.1, 0.15) is 31.3 Å². The van der Waals surface area contributed by atoms with Crippen molar-refractivity contribution in [3.05, 3.63) is 24.0 Å². The third-order valence-electron chi connectivity index (χ3n) is 2.68. The average molecular weight is 275 g/mol. The molecule has 2 N–H and O–H groups in total. The Balaban J connectivity index is 2.62. The standard InChI is InChI=1S/C13H17N5O2/c1-13(2,3)18-10(7-9(17-18)11(14)19)8-5-6-15-12(16-8)20-4/h5-7H,1-4H3,(H2,14,19).